The number of anilines is 1. The maximum atomic E-state index is 3.82. The number of hydrogen-bond donors (Lipinski definition) is 1. The van der Waals surface area contributed by atoms with Gasteiger partial charge in [0, 0.05) is 5.69 Å². The lowest BCUT2D eigenvalue weighted by atomic mass is 9.56. The maximum Gasteiger partial charge on any atom is 0.283 e. The van der Waals surface area contributed by atoms with Crippen LogP contribution in [0.4, 0.5) is 5.69 Å². The molecule has 0 atom stereocenters. The van der Waals surface area contributed by atoms with E-state index >= 15 is 0 Å². The first-order chi connectivity index (χ1) is 9.35. The van der Waals surface area contributed by atoms with E-state index in [1.165, 1.54) is 22.4 Å². The van der Waals surface area contributed by atoms with E-state index in [2.05, 4.69) is 72.4 Å². The summed E-state index contributed by atoms with van der Waals surface area (Å²) in [4.78, 5) is 0. The number of benzene rings is 2. The van der Waals surface area contributed by atoms with Crippen LogP contribution >= 0.6 is 0 Å². The summed E-state index contributed by atoms with van der Waals surface area (Å²) in [5.41, 5.74) is 4.99. The van der Waals surface area contributed by atoms with Crippen molar-refractivity contribution in [2.24, 2.45) is 0 Å². The summed E-state index contributed by atoms with van der Waals surface area (Å²) >= 11 is 0. The highest BCUT2D eigenvalue weighted by atomic mass is 14.8. The molecule has 0 spiro atoms. The molecule has 0 radical (unpaired) electrons. The van der Waals surface area contributed by atoms with Crippen LogP contribution in [0.2, 0.25) is 0 Å². The third-order valence-electron chi connectivity index (χ3n) is 3.45. The molecule has 0 unspecified atom stereocenters. The van der Waals surface area contributed by atoms with Gasteiger partial charge >= 0.3 is 0 Å². The Morgan fingerprint density at radius 2 is 2.00 bits per heavy atom. The van der Waals surface area contributed by atoms with E-state index in [4.69, 9.17) is 0 Å². The molecule has 2 heteroatoms. The lowest BCUT2D eigenvalue weighted by molar-refractivity contribution is 1.35. The van der Waals surface area contributed by atoms with E-state index in [-0.39, 0.29) is 0 Å². The molecule has 0 aromatic heterocycles. The fraction of sp³-hybridized carbons (Fsp3) is 0.0588. The van der Waals surface area contributed by atoms with Crippen molar-refractivity contribution in [2.45, 2.75) is 6.32 Å². The van der Waals surface area contributed by atoms with Crippen molar-refractivity contribution in [3.8, 4) is 0 Å². The first kappa shape index (κ1) is 11.9. The summed E-state index contributed by atoms with van der Waals surface area (Å²) in [7, 11) is 0. The fourth-order valence-electron chi connectivity index (χ4n) is 2.46. The minimum absolute atomic E-state index is 0.356. The molecule has 0 saturated carbocycles. The van der Waals surface area contributed by atoms with Crippen LogP contribution in [0.1, 0.15) is 16.7 Å². The van der Waals surface area contributed by atoms with Crippen molar-refractivity contribution < 1.29 is 0 Å². The minimum Gasteiger partial charge on any atom is -0.424 e. The summed E-state index contributed by atoms with van der Waals surface area (Å²) < 4.78 is 0. The van der Waals surface area contributed by atoms with Crippen molar-refractivity contribution in [3.05, 3.63) is 77.8 Å². The lowest BCUT2D eigenvalue weighted by Crippen LogP contribution is -2.28. The topological polar surface area (TPSA) is 12.0 Å². The molecule has 0 fully saturated rings. The van der Waals surface area contributed by atoms with Gasteiger partial charge in [-0.05, 0) is 23.5 Å². The number of nitrogens with one attached hydrogen (secondary N) is 1. The number of para-hydroxylation sites is 1. The van der Waals surface area contributed by atoms with Crippen LogP contribution in [0.3, 0.4) is 0 Å². The number of rotatable bonds is 3. The Labute approximate surface area is 114 Å². The molecule has 19 heavy (non-hydrogen) atoms. The van der Waals surface area contributed by atoms with Gasteiger partial charge in [0.05, 0.1) is 0 Å². The Morgan fingerprint density at radius 1 is 1.11 bits per heavy atom. The summed E-state index contributed by atoms with van der Waals surface area (Å²) in [5.74, 6) is 2.24. The van der Waals surface area contributed by atoms with Gasteiger partial charge in [0.1, 0.15) is 0 Å². The van der Waals surface area contributed by atoms with Crippen LogP contribution in [0.25, 0.3) is 12.2 Å². The number of hydrogen-bond acceptors (Lipinski definition) is 1. The molecular weight excluding hydrogens is 229 g/mol. The summed E-state index contributed by atoms with van der Waals surface area (Å²) in [6.07, 6.45) is 5.09. The van der Waals surface area contributed by atoms with E-state index in [1.807, 2.05) is 6.08 Å². The Balaban J connectivity index is 1.77. The van der Waals surface area contributed by atoms with Crippen molar-refractivity contribution in [1.82, 2.24) is 0 Å². The Kier molecular flexibility index (Phi) is 3.24. The monoisotopic (exact) mass is 245 g/mol. The molecule has 2 aromatic rings. The van der Waals surface area contributed by atoms with E-state index < -0.39 is 0 Å². The van der Waals surface area contributed by atoms with Crippen molar-refractivity contribution in [2.75, 3.05) is 5.23 Å². The molecule has 1 aliphatic heterocycles. The Bertz CT molecular complexity index is 631. The van der Waals surface area contributed by atoms with E-state index in [9.17, 15) is 0 Å². The highest BCUT2D eigenvalue weighted by Crippen LogP contribution is 2.22. The normalized spacial score (nSPS) is 12.7. The van der Waals surface area contributed by atoms with Crippen LogP contribution < -0.4 is 5.23 Å². The SMILES string of the molecule is C=Cc1cccc(CB2C=Cc3ccccc3N2)c1. The molecule has 1 heterocycles. The predicted molar refractivity (Wildman–Crippen MR) is 85.1 cm³/mol. The maximum absolute atomic E-state index is 3.82. The summed E-state index contributed by atoms with van der Waals surface area (Å²) in [5, 5.41) is 3.57. The molecule has 1 nitrogen and oxygen atoms in total. The smallest absolute Gasteiger partial charge is 0.283 e. The second-order valence-electron chi connectivity index (χ2n) is 4.85. The zero-order valence-electron chi connectivity index (χ0n) is 10.8. The van der Waals surface area contributed by atoms with Gasteiger partial charge in [0.2, 0.25) is 0 Å². The molecule has 0 saturated heterocycles. The van der Waals surface area contributed by atoms with Gasteiger partial charge < -0.3 is 5.23 Å². The second kappa shape index (κ2) is 5.19. The third kappa shape index (κ3) is 2.63. The minimum atomic E-state index is 0.356. The van der Waals surface area contributed by atoms with Gasteiger partial charge in [-0.3, -0.25) is 0 Å². The largest absolute Gasteiger partial charge is 0.424 e. The zero-order valence-corrected chi connectivity index (χ0v) is 10.8. The molecule has 0 amide bonds. The van der Waals surface area contributed by atoms with Crippen molar-refractivity contribution in [3.63, 3.8) is 0 Å². The van der Waals surface area contributed by atoms with Crippen molar-refractivity contribution >= 4 is 24.7 Å². The van der Waals surface area contributed by atoms with Gasteiger partial charge in [0.25, 0.3) is 6.85 Å². The van der Waals surface area contributed by atoms with Crippen LogP contribution in [0.15, 0.2) is 61.1 Å². The van der Waals surface area contributed by atoms with E-state index in [0.29, 0.717) is 6.85 Å². The second-order valence-corrected chi connectivity index (χ2v) is 4.85. The molecule has 1 aliphatic rings. The highest BCUT2D eigenvalue weighted by molar-refractivity contribution is 6.68. The van der Waals surface area contributed by atoms with Gasteiger partial charge in [-0.2, -0.15) is 0 Å². The van der Waals surface area contributed by atoms with Crippen LogP contribution in [0, 0.1) is 0 Å². The Hall–Kier alpha value is -2.22. The fourth-order valence-corrected chi connectivity index (χ4v) is 2.46. The average Bonchev–Trinajstić information content (AvgIpc) is 2.47. The summed E-state index contributed by atoms with van der Waals surface area (Å²) in [6, 6.07) is 16.9. The van der Waals surface area contributed by atoms with Crippen LogP contribution in [0.5, 0.6) is 0 Å². The molecule has 3 rings (SSSR count). The lowest BCUT2D eigenvalue weighted by Gasteiger charge is -2.19. The predicted octanol–water partition coefficient (Wildman–Crippen LogP) is 4.08. The van der Waals surface area contributed by atoms with Crippen molar-refractivity contribution in [1.29, 1.82) is 0 Å². The van der Waals surface area contributed by atoms with Crippen LogP contribution in [-0.4, -0.2) is 6.85 Å². The Morgan fingerprint density at radius 3 is 2.89 bits per heavy atom. The first-order valence-electron chi connectivity index (χ1n) is 6.60. The van der Waals surface area contributed by atoms with Gasteiger partial charge in [-0.25, -0.2) is 0 Å². The zero-order chi connectivity index (χ0) is 13.1. The summed E-state index contributed by atoms with van der Waals surface area (Å²) in [6.45, 7) is 4.18. The molecular formula is C17H16BN. The van der Waals surface area contributed by atoms with E-state index in [1.54, 1.807) is 0 Å². The highest BCUT2D eigenvalue weighted by Gasteiger charge is 2.16. The molecule has 2 aromatic carbocycles. The van der Waals surface area contributed by atoms with E-state index in [0.717, 1.165) is 6.32 Å². The molecule has 0 aliphatic carbocycles. The van der Waals surface area contributed by atoms with Crippen LogP contribution in [-0.2, 0) is 6.32 Å². The van der Waals surface area contributed by atoms with Gasteiger partial charge in [0.15, 0.2) is 0 Å². The van der Waals surface area contributed by atoms with Gasteiger partial charge in [-0.15, -0.1) is 0 Å². The molecule has 0 bridgehead atoms. The average molecular weight is 245 g/mol. The van der Waals surface area contributed by atoms with Gasteiger partial charge in [-0.1, -0.05) is 72.7 Å². The molecule has 1 N–H and O–H groups in total. The standard InChI is InChI=1S/C17H16BN/c1-2-14-6-5-7-15(12-14)13-18-11-10-16-8-3-4-9-17(16)19-18/h2-12,19H,1,13H2. The third-order valence-corrected chi connectivity index (χ3v) is 3.45. The number of fused-ring (bicyclic) bond motifs is 1. The molecule has 92 valence electrons. The quantitative estimate of drug-likeness (QED) is 0.803. The first-order valence-corrected chi connectivity index (χ1v) is 6.60.